The molecular formula is C27H26N4O4S2. The highest BCUT2D eigenvalue weighted by Crippen LogP contribution is 2.42. The van der Waals surface area contributed by atoms with Crippen LogP contribution in [0, 0.1) is 6.92 Å². The number of aryl methyl sites for hydroxylation is 1. The first-order chi connectivity index (χ1) is 17.9. The zero-order chi connectivity index (χ0) is 26.0. The van der Waals surface area contributed by atoms with E-state index >= 15 is 0 Å². The van der Waals surface area contributed by atoms with E-state index < -0.39 is 10.0 Å². The molecule has 0 saturated carbocycles. The highest BCUT2D eigenvalue weighted by molar-refractivity contribution is 7.99. The van der Waals surface area contributed by atoms with Gasteiger partial charge in [-0.2, -0.15) is 4.98 Å². The molecule has 5 rings (SSSR count). The number of benzene rings is 3. The monoisotopic (exact) mass is 534 g/mol. The standard InChI is InChI=1S/C27H26N4O4S2/c1-3-16-31-22-13-10-19(17-24(22)36-23-7-5-4-6-21(23)27(31)32)26-29-25(35-30-26)14-15-28-37(33,34)20-11-8-18(2)9-12-20/h4-13,17,28H,3,14-16H2,1-2H3. The molecule has 0 saturated heterocycles. The third kappa shape index (κ3) is 5.31. The van der Waals surface area contributed by atoms with Gasteiger partial charge in [0.2, 0.25) is 21.7 Å². The largest absolute Gasteiger partial charge is 0.339 e. The molecule has 4 aromatic rings. The van der Waals surface area contributed by atoms with Gasteiger partial charge < -0.3 is 9.42 Å². The number of fused-ring (bicyclic) bond motifs is 2. The van der Waals surface area contributed by atoms with Crippen LogP contribution in [0.25, 0.3) is 11.4 Å². The Morgan fingerprint density at radius 2 is 1.81 bits per heavy atom. The van der Waals surface area contributed by atoms with Crippen LogP contribution in [0.15, 0.2) is 85.9 Å². The molecule has 0 bridgehead atoms. The molecule has 1 aliphatic rings. The second-order valence-electron chi connectivity index (χ2n) is 8.71. The number of sulfonamides is 1. The number of hydrogen-bond donors (Lipinski definition) is 1. The third-order valence-electron chi connectivity index (χ3n) is 5.97. The van der Waals surface area contributed by atoms with Crippen molar-refractivity contribution in [3.8, 4) is 11.4 Å². The smallest absolute Gasteiger partial charge is 0.259 e. The quantitative estimate of drug-likeness (QED) is 0.336. The van der Waals surface area contributed by atoms with E-state index in [-0.39, 0.29) is 23.8 Å². The summed E-state index contributed by atoms with van der Waals surface area (Å²) in [5.74, 6) is 0.731. The summed E-state index contributed by atoms with van der Waals surface area (Å²) in [6, 6.07) is 20.0. The fourth-order valence-corrected chi connectivity index (χ4v) is 6.23. The molecule has 8 nitrogen and oxygen atoms in total. The van der Waals surface area contributed by atoms with E-state index in [2.05, 4.69) is 14.9 Å². The van der Waals surface area contributed by atoms with Crippen molar-refractivity contribution < 1.29 is 17.7 Å². The lowest BCUT2D eigenvalue weighted by Gasteiger charge is -2.22. The van der Waals surface area contributed by atoms with Gasteiger partial charge in [0.1, 0.15) is 0 Å². The van der Waals surface area contributed by atoms with E-state index in [1.165, 1.54) is 0 Å². The molecule has 1 amide bonds. The molecule has 0 spiro atoms. The van der Waals surface area contributed by atoms with Crippen LogP contribution in [0.3, 0.4) is 0 Å². The number of rotatable bonds is 8. The van der Waals surface area contributed by atoms with E-state index in [0.717, 1.165) is 33.0 Å². The summed E-state index contributed by atoms with van der Waals surface area (Å²) >= 11 is 1.54. The van der Waals surface area contributed by atoms with E-state index in [4.69, 9.17) is 4.52 Å². The first kappa shape index (κ1) is 25.2. The Bertz CT molecular complexity index is 1550. The molecule has 3 aromatic carbocycles. The molecule has 0 radical (unpaired) electrons. The maximum atomic E-state index is 13.2. The molecule has 0 unspecified atom stereocenters. The van der Waals surface area contributed by atoms with Crippen LogP contribution in [0.1, 0.15) is 35.2 Å². The summed E-state index contributed by atoms with van der Waals surface area (Å²) in [7, 11) is -3.62. The highest BCUT2D eigenvalue weighted by Gasteiger charge is 2.27. The predicted octanol–water partition coefficient (Wildman–Crippen LogP) is 5.09. The first-order valence-electron chi connectivity index (χ1n) is 12.0. The number of amides is 1. The second kappa shape index (κ2) is 10.5. The van der Waals surface area contributed by atoms with Gasteiger partial charge in [-0.15, -0.1) is 0 Å². The van der Waals surface area contributed by atoms with Gasteiger partial charge in [0.15, 0.2) is 0 Å². The van der Waals surface area contributed by atoms with Crippen molar-refractivity contribution in [2.24, 2.45) is 0 Å². The Morgan fingerprint density at radius 1 is 1.03 bits per heavy atom. The number of carbonyl (C=O) groups is 1. The highest BCUT2D eigenvalue weighted by atomic mass is 32.2. The zero-order valence-corrected chi connectivity index (χ0v) is 22.1. The lowest BCUT2D eigenvalue weighted by atomic mass is 10.1. The SMILES string of the molecule is CCCN1C(=O)c2ccccc2Sc2cc(-c3noc(CCNS(=O)(=O)c4ccc(C)cc4)n3)ccc21. The topological polar surface area (TPSA) is 105 Å². The summed E-state index contributed by atoms with van der Waals surface area (Å²) < 4.78 is 33.0. The van der Waals surface area contributed by atoms with Gasteiger partial charge in [0.05, 0.1) is 16.1 Å². The summed E-state index contributed by atoms with van der Waals surface area (Å²) in [4.78, 5) is 21.6. The predicted molar refractivity (Wildman–Crippen MR) is 142 cm³/mol. The van der Waals surface area contributed by atoms with Gasteiger partial charge in [-0.05, 0) is 55.8 Å². The van der Waals surface area contributed by atoms with Crippen LogP contribution in [0.4, 0.5) is 5.69 Å². The van der Waals surface area contributed by atoms with Crippen LogP contribution in [0.5, 0.6) is 0 Å². The summed E-state index contributed by atoms with van der Waals surface area (Å²) in [6.07, 6.45) is 1.09. The van der Waals surface area contributed by atoms with E-state index in [1.807, 2.05) is 61.2 Å². The van der Waals surface area contributed by atoms with Crippen LogP contribution in [0.2, 0.25) is 0 Å². The van der Waals surface area contributed by atoms with Crippen molar-refractivity contribution in [3.05, 3.63) is 83.7 Å². The minimum atomic E-state index is -3.62. The average molecular weight is 535 g/mol. The van der Waals surface area contributed by atoms with Gasteiger partial charge in [0.25, 0.3) is 5.91 Å². The zero-order valence-electron chi connectivity index (χ0n) is 20.5. The van der Waals surface area contributed by atoms with Gasteiger partial charge in [-0.25, -0.2) is 13.1 Å². The molecule has 1 N–H and O–H groups in total. The minimum Gasteiger partial charge on any atom is -0.339 e. The van der Waals surface area contributed by atoms with Crippen molar-refractivity contribution in [1.29, 1.82) is 0 Å². The first-order valence-corrected chi connectivity index (χ1v) is 14.3. The third-order valence-corrected chi connectivity index (χ3v) is 8.57. The van der Waals surface area contributed by atoms with E-state index in [0.29, 0.717) is 23.8 Å². The van der Waals surface area contributed by atoms with Crippen molar-refractivity contribution >= 4 is 33.4 Å². The minimum absolute atomic E-state index is 0.00798. The molecule has 0 aliphatic carbocycles. The summed E-state index contributed by atoms with van der Waals surface area (Å²) in [5.41, 5.74) is 3.28. The van der Waals surface area contributed by atoms with Crippen molar-refractivity contribution in [3.63, 3.8) is 0 Å². The lowest BCUT2D eigenvalue weighted by Crippen LogP contribution is -2.31. The molecule has 190 valence electrons. The van der Waals surface area contributed by atoms with Gasteiger partial charge in [-0.1, -0.05) is 53.7 Å². The van der Waals surface area contributed by atoms with Crippen molar-refractivity contribution in [2.75, 3.05) is 18.0 Å². The number of aromatic nitrogens is 2. The van der Waals surface area contributed by atoms with Crippen LogP contribution < -0.4 is 9.62 Å². The fraction of sp³-hybridized carbons (Fsp3) is 0.222. The van der Waals surface area contributed by atoms with Gasteiger partial charge >= 0.3 is 0 Å². The number of anilines is 1. The lowest BCUT2D eigenvalue weighted by molar-refractivity contribution is 0.0984. The molecule has 37 heavy (non-hydrogen) atoms. The van der Waals surface area contributed by atoms with Crippen LogP contribution >= 0.6 is 11.8 Å². The van der Waals surface area contributed by atoms with Gasteiger partial charge in [-0.3, -0.25) is 4.79 Å². The van der Waals surface area contributed by atoms with E-state index in [1.54, 1.807) is 36.0 Å². The number of hydrogen-bond acceptors (Lipinski definition) is 7. The molecule has 1 aromatic heterocycles. The van der Waals surface area contributed by atoms with E-state index in [9.17, 15) is 13.2 Å². The normalized spacial score (nSPS) is 13.2. The molecule has 10 heteroatoms. The maximum Gasteiger partial charge on any atom is 0.259 e. The maximum absolute atomic E-state index is 13.2. The second-order valence-corrected chi connectivity index (χ2v) is 11.6. The molecule has 0 atom stereocenters. The average Bonchev–Trinajstić information content (AvgIpc) is 3.32. The Balaban J connectivity index is 1.33. The van der Waals surface area contributed by atoms with Crippen LogP contribution in [-0.4, -0.2) is 37.6 Å². The summed E-state index contributed by atoms with van der Waals surface area (Å²) in [5, 5.41) is 4.10. The fourth-order valence-electron chi connectivity index (χ4n) is 4.08. The molecule has 1 aliphatic heterocycles. The van der Waals surface area contributed by atoms with Crippen molar-refractivity contribution in [2.45, 2.75) is 41.4 Å². The van der Waals surface area contributed by atoms with Gasteiger partial charge in [0, 0.05) is 34.9 Å². The molecule has 2 heterocycles. The Labute approximate surface area is 220 Å². The summed E-state index contributed by atoms with van der Waals surface area (Å²) in [6.45, 7) is 4.69. The Morgan fingerprint density at radius 3 is 2.59 bits per heavy atom. The van der Waals surface area contributed by atoms with Crippen molar-refractivity contribution in [1.82, 2.24) is 14.9 Å². The number of nitrogens with one attached hydrogen (secondary N) is 1. The number of carbonyl (C=O) groups excluding carboxylic acids is 1. The Kier molecular flexibility index (Phi) is 7.14. The van der Waals surface area contributed by atoms with Crippen LogP contribution in [-0.2, 0) is 16.4 Å². The Hall–Kier alpha value is -3.47. The molecule has 0 fully saturated rings. The number of nitrogens with zero attached hydrogens (tertiary/aromatic N) is 3. The molecular weight excluding hydrogens is 508 g/mol.